The Bertz CT molecular complexity index is 556. The Kier molecular flexibility index (Phi) is 2.80. The summed E-state index contributed by atoms with van der Waals surface area (Å²) in [6.07, 6.45) is 0. The number of oxazole rings is 1. The Morgan fingerprint density at radius 2 is 2.31 bits per heavy atom. The fourth-order valence-corrected chi connectivity index (χ4v) is 1.72. The van der Waals surface area contributed by atoms with E-state index >= 15 is 0 Å². The normalized spacial score (nSPS) is 13.2. The van der Waals surface area contributed by atoms with Gasteiger partial charge in [-0.2, -0.15) is 0 Å². The number of likely N-dealkylation sites (N-methyl/N-ethyl adjacent to an activating group) is 1. The molecule has 0 saturated carbocycles. The van der Waals surface area contributed by atoms with Gasteiger partial charge in [-0.15, -0.1) is 0 Å². The number of nitrogens with two attached hydrogens (primary N) is 1. The van der Waals surface area contributed by atoms with Crippen LogP contribution in [0.1, 0.15) is 11.6 Å². The van der Waals surface area contributed by atoms with E-state index in [-0.39, 0.29) is 11.8 Å². The van der Waals surface area contributed by atoms with Crippen molar-refractivity contribution in [2.45, 2.75) is 6.04 Å². The first-order valence-corrected chi connectivity index (χ1v) is 5.13. The van der Waals surface area contributed by atoms with Crippen molar-refractivity contribution in [3.63, 3.8) is 0 Å². The highest BCUT2D eigenvalue weighted by Gasteiger charge is 2.10. The molecule has 0 aliphatic rings. The number of aryl methyl sites for hydroxylation is 1. The molecule has 3 N–H and O–H groups in total. The van der Waals surface area contributed by atoms with Crippen molar-refractivity contribution in [2.24, 2.45) is 12.8 Å². The Morgan fingerprint density at radius 1 is 1.56 bits per heavy atom. The second-order valence-corrected chi connectivity index (χ2v) is 3.82. The second-order valence-electron chi connectivity index (χ2n) is 3.82. The summed E-state index contributed by atoms with van der Waals surface area (Å²) in [5.41, 5.74) is 8.27. The lowest BCUT2D eigenvalue weighted by Gasteiger charge is -2.10. The zero-order valence-electron chi connectivity index (χ0n) is 9.36. The maximum atomic E-state index is 11.3. The molecule has 2 aromatic rings. The quantitative estimate of drug-likeness (QED) is 0.784. The van der Waals surface area contributed by atoms with Gasteiger partial charge in [-0.1, -0.05) is 6.07 Å². The molecule has 1 unspecified atom stereocenters. The van der Waals surface area contributed by atoms with Gasteiger partial charge in [0.25, 0.3) is 0 Å². The smallest absolute Gasteiger partial charge is 0.408 e. The minimum atomic E-state index is -0.352. The fraction of sp³-hybridized carbons (Fsp3) is 0.364. The Hall–Kier alpha value is -1.59. The van der Waals surface area contributed by atoms with Gasteiger partial charge in [0.05, 0.1) is 5.52 Å². The van der Waals surface area contributed by atoms with E-state index in [4.69, 9.17) is 10.2 Å². The summed E-state index contributed by atoms with van der Waals surface area (Å²) in [5.74, 6) is -0.352. The third kappa shape index (κ3) is 1.75. The maximum absolute atomic E-state index is 11.3. The lowest BCUT2D eigenvalue weighted by molar-refractivity contribution is 0.527. The standard InChI is InChI=1S/C11H15N3O2/c1-13-6-8(12)7-3-4-9-10(5-7)16-11(15)14(9)2/h3-5,8,13H,6,12H2,1-2H3. The van der Waals surface area contributed by atoms with Gasteiger partial charge in [0.1, 0.15) is 0 Å². The second kappa shape index (κ2) is 4.11. The molecule has 1 aromatic heterocycles. The van der Waals surface area contributed by atoms with E-state index in [1.807, 2.05) is 25.2 Å². The molecule has 0 amide bonds. The number of hydrogen-bond acceptors (Lipinski definition) is 4. The van der Waals surface area contributed by atoms with Crippen molar-refractivity contribution in [3.05, 3.63) is 34.3 Å². The highest BCUT2D eigenvalue weighted by Crippen LogP contribution is 2.17. The first-order chi connectivity index (χ1) is 7.63. The minimum Gasteiger partial charge on any atom is -0.408 e. The van der Waals surface area contributed by atoms with Crippen molar-refractivity contribution >= 4 is 11.1 Å². The minimum absolute atomic E-state index is 0.0973. The number of nitrogens with zero attached hydrogens (tertiary/aromatic N) is 1. The molecule has 0 saturated heterocycles. The summed E-state index contributed by atoms with van der Waals surface area (Å²) in [6.45, 7) is 0.683. The molecule has 0 aliphatic carbocycles. The van der Waals surface area contributed by atoms with Gasteiger partial charge in [-0.05, 0) is 24.7 Å². The fourth-order valence-electron chi connectivity index (χ4n) is 1.72. The number of fused-ring (bicyclic) bond motifs is 1. The van der Waals surface area contributed by atoms with Crippen molar-refractivity contribution < 1.29 is 4.42 Å². The lowest BCUT2D eigenvalue weighted by Crippen LogP contribution is -2.23. The van der Waals surface area contributed by atoms with Gasteiger partial charge in [0.15, 0.2) is 5.58 Å². The van der Waals surface area contributed by atoms with Crippen LogP contribution in [0.15, 0.2) is 27.4 Å². The van der Waals surface area contributed by atoms with E-state index in [9.17, 15) is 4.79 Å². The van der Waals surface area contributed by atoms with E-state index in [1.54, 1.807) is 7.05 Å². The van der Waals surface area contributed by atoms with E-state index < -0.39 is 0 Å². The molecule has 1 atom stereocenters. The largest absolute Gasteiger partial charge is 0.419 e. The number of rotatable bonds is 3. The zero-order valence-corrected chi connectivity index (χ0v) is 9.36. The van der Waals surface area contributed by atoms with Gasteiger partial charge in [0.2, 0.25) is 0 Å². The molecule has 5 nitrogen and oxygen atoms in total. The van der Waals surface area contributed by atoms with Crippen molar-refractivity contribution in [1.29, 1.82) is 0 Å². The SMILES string of the molecule is CNCC(N)c1ccc2c(c1)oc(=O)n2C. The zero-order chi connectivity index (χ0) is 11.7. The Labute approximate surface area is 92.8 Å². The van der Waals surface area contributed by atoms with Crippen LogP contribution in [0.25, 0.3) is 11.1 Å². The van der Waals surface area contributed by atoms with Crippen LogP contribution >= 0.6 is 0 Å². The van der Waals surface area contributed by atoms with E-state index in [2.05, 4.69) is 5.32 Å². The van der Waals surface area contributed by atoms with Crippen LogP contribution in [-0.2, 0) is 7.05 Å². The number of benzene rings is 1. The third-order valence-electron chi connectivity index (χ3n) is 2.67. The van der Waals surface area contributed by atoms with Crippen LogP contribution in [-0.4, -0.2) is 18.2 Å². The Morgan fingerprint density at radius 3 is 3.00 bits per heavy atom. The molecule has 1 heterocycles. The summed E-state index contributed by atoms with van der Waals surface area (Å²) < 4.78 is 6.57. The maximum Gasteiger partial charge on any atom is 0.419 e. The van der Waals surface area contributed by atoms with Gasteiger partial charge in [0, 0.05) is 19.6 Å². The van der Waals surface area contributed by atoms with E-state index in [1.165, 1.54) is 4.57 Å². The molecule has 1 aromatic carbocycles. The van der Waals surface area contributed by atoms with Crippen LogP contribution in [0.2, 0.25) is 0 Å². The van der Waals surface area contributed by atoms with Gasteiger partial charge >= 0.3 is 5.76 Å². The lowest BCUT2D eigenvalue weighted by atomic mass is 10.1. The first kappa shape index (κ1) is 10.9. The number of aromatic nitrogens is 1. The van der Waals surface area contributed by atoms with Crippen molar-refractivity contribution in [1.82, 2.24) is 9.88 Å². The Balaban J connectivity index is 2.48. The molecule has 16 heavy (non-hydrogen) atoms. The topological polar surface area (TPSA) is 73.2 Å². The number of nitrogens with one attached hydrogen (secondary N) is 1. The van der Waals surface area contributed by atoms with Crippen LogP contribution in [0, 0.1) is 0 Å². The molecule has 0 radical (unpaired) electrons. The summed E-state index contributed by atoms with van der Waals surface area (Å²) in [4.78, 5) is 11.3. The predicted octanol–water partition coefficient (Wildman–Crippen LogP) is 0.351. The van der Waals surface area contributed by atoms with Gasteiger partial charge in [-0.3, -0.25) is 4.57 Å². The third-order valence-corrected chi connectivity index (χ3v) is 2.67. The summed E-state index contributed by atoms with van der Waals surface area (Å²) >= 11 is 0. The van der Waals surface area contributed by atoms with Crippen molar-refractivity contribution in [3.8, 4) is 0 Å². The molecule has 5 heteroatoms. The highest BCUT2D eigenvalue weighted by atomic mass is 16.4. The number of hydrogen-bond donors (Lipinski definition) is 2. The summed E-state index contributed by atoms with van der Waals surface area (Å²) in [5, 5.41) is 3.01. The van der Waals surface area contributed by atoms with Crippen LogP contribution in [0.3, 0.4) is 0 Å². The average molecular weight is 221 g/mol. The molecule has 0 fully saturated rings. The molecular formula is C11H15N3O2. The molecular weight excluding hydrogens is 206 g/mol. The molecule has 0 spiro atoms. The average Bonchev–Trinajstić information content (AvgIpc) is 2.55. The van der Waals surface area contributed by atoms with Crippen LogP contribution < -0.4 is 16.8 Å². The first-order valence-electron chi connectivity index (χ1n) is 5.13. The monoisotopic (exact) mass is 221 g/mol. The highest BCUT2D eigenvalue weighted by molar-refractivity contribution is 5.73. The summed E-state index contributed by atoms with van der Waals surface area (Å²) in [7, 11) is 3.53. The van der Waals surface area contributed by atoms with Gasteiger partial charge < -0.3 is 15.5 Å². The van der Waals surface area contributed by atoms with Crippen LogP contribution in [0.5, 0.6) is 0 Å². The predicted molar refractivity (Wildman–Crippen MR) is 62.3 cm³/mol. The van der Waals surface area contributed by atoms with E-state index in [0.29, 0.717) is 12.1 Å². The molecule has 2 rings (SSSR count). The van der Waals surface area contributed by atoms with E-state index in [0.717, 1.165) is 11.1 Å². The van der Waals surface area contributed by atoms with Gasteiger partial charge in [-0.25, -0.2) is 4.79 Å². The summed E-state index contributed by atoms with van der Waals surface area (Å²) in [6, 6.07) is 5.49. The molecule has 0 bridgehead atoms. The molecule has 86 valence electrons. The van der Waals surface area contributed by atoms with Crippen LogP contribution in [0.4, 0.5) is 0 Å². The molecule has 0 aliphatic heterocycles. The van der Waals surface area contributed by atoms with Crippen molar-refractivity contribution in [2.75, 3.05) is 13.6 Å².